The zero-order valence-corrected chi connectivity index (χ0v) is 17.7. The Kier molecular flexibility index (Phi) is 5.73. The second kappa shape index (κ2) is 8.10. The van der Waals surface area contributed by atoms with Gasteiger partial charge in [0.25, 0.3) is 5.56 Å². The van der Waals surface area contributed by atoms with Crippen LogP contribution in [0.1, 0.15) is 43.4 Å². The lowest BCUT2D eigenvalue weighted by atomic mass is 10.1. The molecule has 1 amide bonds. The van der Waals surface area contributed by atoms with E-state index < -0.39 is 5.97 Å². The molecule has 1 N–H and O–H groups in total. The van der Waals surface area contributed by atoms with Crippen molar-refractivity contribution in [2.24, 2.45) is 0 Å². The Morgan fingerprint density at radius 2 is 1.90 bits per heavy atom. The van der Waals surface area contributed by atoms with Gasteiger partial charge in [-0.2, -0.15) is 5.10 Å². The van der Waals surface area contributed by atoms with Crippen LogP contribution in [0.5, 0.6) is 0 Å². The minimum atomic E-state index is -0.538. The van der Waals surface area contributed by atoms with Crippen molar-refractivity contribution in [2.75, 3.05) is 12.4 Å². The number of rotatable bonds is 5. The number of carbonyl (C=O) groups excluding carboxylic acids is 2. The highest BCUT2D eigenvalue weighted by Gasteiger charge is 2.21. The molecular formula is C21H25N5O4. The number of amides is 1. The fourth-order valence-electron chi connectivity index (χ4n) is 3.17. The van der Waals surface area contributed by atoms with Crippen molar-refractivity contribution in [3.63, 3.8) is 0 Å². The number of anilines is 1. The maximum atomic E-state index is 12.9. The number of para-hydroxylation sites is 1. The molecule has 9 nitrogen and oxygen atoms in total. The van der Waals surface area contributed by atoms with Crippen LogP contribution in [0.4, 0.5) is 5.69 Å². The molecule has 0 bridgehead atoms. The molecule has 0 saturated carbocycles. The van der Waals surface area contributed by atoms with Crippen LogP contribution in [0.3, 0.4) is 0 Å². The lowest BCUT2D eigenvalue weighted by molar-refractivity contribution is -0.116. The van der Waals surface area contributed by atoms with E-state index >= 15 is 0 Å². The number of hydrogen-bond donors (Lipinski definition) is 1. The van der Waals surface area contributed by atoms with Gasteiger partial charge >= 0.3 is 5.97 Å². The number of fused-ring (bicyclic) bond motifs is 1. The quantitative estimate of drug-likeness (QED) is 0.646. The average molecular weight is 411 g/mol. The van der Waals surface area contributed by atoms with Crippen LogP contribution in [0.15, 0.2) is 35.3 Å². The number of nitrogens with zero attached hydrogens (tertiary/aromatic N) is 4. The summed E-state index contributed by atoms with van der Waals surface area (Å²) >= 11 is 0. The summed E-state index contributed by atoms with van der Waals surface area (Å²) in [5.74, 6) is -0.368. The molecule has 158 valence electrons. The molecule has 0 aliphatic carbocycles. The van der Waals surface area contributed by atoms with E-state index in [0.29, 0.717) is 22.5 Å². The number of hydrogen-bond acceptors (Lipinski definition) is 6. The molecule has 0 aliphatic rings. The number of aryl methyl sites for hydroxylation is 1. The van der Waals surface area contributed by atoms with E-state index in [9.17, 15) is 14.4 Å². The van der Waals surface area contributed by atoms with Crippen LogP contribution in [0.25, 0.3) is 11.0 Å². The maximum Gasteiger partial charge on any atom is 0.339 e. The number of benzene rings is 1. The molecule has 0 fully saturated rings. The van der Waals surface area contributed by atoms with Gasteiger partial charge in [0.15, 0.2) is 5.65 Å². The van der Waals surface area contributed by atoms with Gasteiger partial charge in [0.2, 0.25) is 5.91 Å². The van der Waals surface area contributed by atoms with Crippen molar-refractivity contribution in [3.05, 3.63) is 52.2 Å². The van der Waals surface area contributed by atoms with Crippen LogP contribution in [0.2, 0.25) is 0 Å². The summed E-state index contributed by atoms with van der Waals surface area (Å²) in [5, 5.41) is 7.43. The van der Waals surface area contributed by atoms with E-state index in [4.69, 9.17) is 4.74 Å². The fourth-order valence-corrected chi connectivity index (χ4v) is 3.17. The smallest absolute Gasteiger partial charge is 0.339 e. The van der Waals surface area contributed by atoms with Crippen molar-refractivity contribution >= 4 is 28.6 Å². The third-order valence-corrected chi connectivity index (χ3v) is 4.68. The second-order valence-corrected chi connectivity index (χ2v) is 7.92. The summed E-state index contributed by atoms with van der Waals surface area (Å²) < 4.78 is 7.91. The van der Waals surface area contributed by atoms with Crippen LogP contribution in [0, 0.1) is 6.92 Å². The Morgan fingerprint density at radius 3 is 2.57 bits per heavy atom. The first kappa shape index (κ1) is 21.2. The number of esters is 1. The molecule has 2 heterocycles. The average Bonchev–Trinajstić information content (AvgIpc) is 3.12. The summed E-state index contributed by atoms with van der Waals surface area (Å²) in [5.41, 5.74) is 0.596. The summed E-state index contributed by atoms with van der Waals surface area (Å²) in [7, 11) is 1.28. The van der Waals surface area contributed by atoms with Crippen LogP contribution >= 0.6 is 0 Å². The number of carbonyl (C=O) groups is 2. The molecule has 30 heavy (non-hydrogen) atoms. The van der Waals surface area contributed by atoms with Gasteiger partial charge in [-0.05, 0) is 39.8 Å². The van der Waals surface area contributed by atoms with E-state index in [1.54, 1.807) is 35.9 Å². The molecule has 0 spiro atoms. The Morgan fingerprint density at radius 1 is 1.20 bits per heavy atom. The minimum Gasteiger partial charge on any atom is -0.465 e. The molecule has 1 aromatic carbocycles. The van der Waals surface area contributed by atoms with Gasteiger partial charge in [0, 0.05) is 13.0 Å². The summed E-state index contributed by atoms with van der Waals surface area (Å²) in [6.45, 7) is 7.83. The molecule has 0 aliphatic heterocycles. The first-order valence-corrected chi connectivity index (χ1v) is 9.56. The highest BCUT2D eigenvalue weighted by molar-refractivity contribution is 6.01. The lowest BCUT2D eigenvalue weighted by Gasteiger charge is -2.20. The monoisotopic (exact) mass is 411 g/mol. The summed E-state index contributed by atoms with van der Waals surface area (Å²) in [6.07, 6.45) is 1.55. The molecule has 0 unspecified atom stereocenters. The Labute approximate surface area is 173 Å². The van der Waals surface area contributed by atoms with Crippen LogP contribution in [-0.4, -0.2) is 38.3 Å². The normalized spacial score (nSPS) is 11.5. The first-order chi connectivity index (χ1) is 14.1. The number of ether oxygens (including phenoxy) is 1. The Hall–Kier alpha value is -3.49. The van der Waals surface area contributed by atoms with Crippen LogP contribution < -0.4 is 10.9 Å². The number of nitrogens with one attached hydrogen (secondary N) is 1. The summed E-state index contributed by atoms with van der Waals surface area (Å²) in [6, 6.07) is 6.59. The van der Waals surface area contributed by atoms with E-state index in [1.807, 2.05) is 20.8 Å². The zero-order valence-electron chi connectivity index (χ0n) is 17.7. The standard InChI is InChI=1S/C21H25N5O4/c1-13-23-18-15(12-22-26(18)21(2,3)4)19(28)25(13)11-10-17(27)24-16-9-7-6-8-14(16)20(29)30-5/h6-9,12H,10-11H2,1-5H3,(H,24,27). The molecule has 9 heteroatoms. The molecule has 2 aromatic heterocycles. The third kappa shape index (κ3) is 4.10. The summed E-state index contributed by atoms with van der Waals surface area (Å²) in [4.78, 5) is 41.8. The molecule has 0 atom stereocenters. The van der Waals surface area contributed by atoms with E-state index in [0.717, 1.165) is 0 Å². The number of methoxy groups -OCH3 is 1. The topological polar surface area (TPSA) is 108 Å². The SMILES string of the molecule is COC(=O)c1ccccc1NC(=O)CCn1c(C)nc2c(cnn2C(C)(C)C)c1=O. The van der Waals surface area contributed by atoms with E-state index in [1.165, 1.54) is 17.9 Å². The van der Waals surface area contributed by atoms with Gasteiger partial charge in [0.1, 0.15) is 11.2 Å². The van der Waals surface area contributed by atoms with Crippen molar-refractivity contribution < 1.29 is 14.3 Å². The van der Waals surface area contributed by atoms with E-state index in [-0.39, 0.29) is 35.5 Å². The highest BCUT2D eigenvalue weighted by Crippen LogP contribution is 2.19. The van der Waals surface area contributed by atoms with Gasteiger partial charge in [-0.15, -0.1) is 0 Å². The van der Waals surface area contributed by atoms with Gasteiger partial charge < -0.3 is 10.1 Å². The number of aromatic nitrogens is 4. The van der Waals surface area contributed by atoms with Crippen molar-refractivity contribution in [1.29, 1.82) is 0 Å². The Balaban J connectivity index is 1.81. The predicted octanol–water partition coefficient (Wildman–Crippen LogP) is 2.47. The van der Waals surface area contributed by atoms with Crippen molar-refractivity contribution in [1.82, 2.24) is 19.3 Å². The maximum absolute atomic E-state index is 12.9. The van der Waals surface area contributed by atoms with Crippen molar-refractivity contribution in [2.45, 2.75) is 46.2 Å². The molecule has 3 rings (SSSR count). The van der Waals surface area contributed by atoms with Crippen LogP contribution in [-0.2, 0) is 21.6 Å². The Bertz CT molecular complexity index is 1170. The molecule has 0 saturated heterocycles. The van der Waals surface area contributed by atoms with Gasteiger partial charge in [0.05, 0.1) is 30.1 Å². The van der Waals surface area contributed by atoms with Crippen molar-refractivity contribution in [3.8, 4) is 0 Å². The second-order valence-electron chi connectivity index (χ2n) is 7.92. The lowest BCUT2D eigenvalue weighted by Crippen LogP contribution is -2.28. The van der Waals surface area contributed by atoms with Gasteiger partial charge in [-0.3, -0.25) is 14.2 Å². The highest BCUT2D eigenvalue weighted by atomic mass is 16.5. The predicted molar refractivity (Wildman–Crippen MR) is 113 cm³/mol. The van der Waals surface area contributed by atoms with Gasteiger partial charge in [-0.1, -0.05) is 12.1 Å². The molecular weight excluding hydrogens is 386 g/mol. The first-order valence-electron chi connectivity index (χ1n) is 9.56. The van der Waals surface area contributed by atoms with E-state index in [2.05, 4.69) is 15.4 Å². The zero-order chi connectivity index (χ0) is 22.1. The molecule has 3 aromatic rings. The fraction of sp³-hybridized carbons (Fsp3) is 0.381. The van der Waals surface area contributed by atoms with Gasteiger partial charge in [-0.25, -0.2) is 14.5 Å². The third-order valence-electron chi connectivity index (χ3n) is 4.68. The minimum absolute atomic E-state index is 0.0385. The largest absolute Gasteiger partial charge is 0.465 e. The molecule has 0 radical (unpaired) electrons.